The fourth-order valence-corrected chi connectivity index (χ4v) is 5.79. The summed E-state index contributed by atoms with van der Waals surface area (Å²) in [6.45, 7) is 4.02. The Morgan fingerprint density at radius 1 is 1.21 bits per heavy atom. The second kappa shape index (κ2) is 8.94. The van der Waals surface area contributed by atoms with Crippen molar-refractivity contribution in [2.24, 2.45) is 11.7 Å². The molecule has 2 unspecified atom stereocenters. The summed E-state index contributed by atoms with van der Waals surface area (Å²) in [6.07, 6.45) is 0.341. The molecule has 1 aliphatic carbocycles. The van der Waals surface area contributed by atoms with Gasteiger partial charge in [-0.1, -0.05) is 26.0 Å². The summed E-state index contributed by atoms with van der Waals surface area (Å²) in [6, 6.07) is 11.7. The zero-order valence-corrected chi connectivity index (χ0v) is 19.4. The summed E-state index contributed by atoms with van der Waals surface area (Å²) >= 11 is 0. The number of nitrogens with one attached hydrogen (secondary N) is 1. The lowest BCUT2D eigenvalue weighted by Gasteiger charge is -2.29. The van der Waals surface area contributed by atoms with E-state index in [4.69, 9.17) is 25.4 Å². The van der Waals surface area contributed by atoms with Crippen LogP contribution in [0.5, 0.6) is 17.2 Å². The molecule has 1 fully saturated rings. The van der Waals surface area contributed by atoms with Crippen molar-refractivity contribution < 1.29 is 27.7 Å². The largest absolute Gasteiger partial charge is 0.454 e. The SMILES string of the molecule is CC(C)CN(C[C@@H](O)C1(N)CC1c1ccc(OC=N)cc1)S(=O)(=O)c1ccc2c(c1)OCO2. The van der Waals surface area contributed by atoms with E-state index in [1.165, 1.54) is 16.4 Å². The molecule has 9 nitrogen and oxygen atoms in total. The number of hydrogen-bond donors (Lipinski definition) is 3. The molecule has 2 aliphatic rings. The topological polar surface area (TPSA) is 135 Å². The van der Waals surface area contributed by atoms with Gasteiger partial charge in [0.1, 0.15) is 5.75 Å². The molecule has 3 atom stereocenters. The van der Waals surface area contributed by atoms with Gasteiger partial charge in [-0.05, 0) is 42.2 Å². The zero-order chi connectivity index (χ0) is 23.8. The van der Waals surface area contributed by atoms with Gasteiger partial charge in [-0.25, -0.2) is 8.42 Å². The van der Waals surface area contributed by atoms with Crippen LogP contribution in [0.3, 0.4) is 0 Å². The first kappa shape index (κ1) is 23.5. The van der Waals surface area contributed by atoms with Gasteiger partial charge in [0.2, 0.25) is 16.8 Å². The van der Waals surface area contributed by atoms with E-state index in [2.05, 4.69) is 0 Å². The van der Waals surface area contributed by atoms with Crippen LogP contribution in [-0.4, -0.2) is 55.8 Å². The Bertz CT molecular complexity index is 1120. The van der Waals surface area contributed by atoms with Gasteiger partial charge < -0.3 is 25.1 Å². The quantitative estimate of drug-likeness (QED) is 0.354. The Balaban J connectivity index is 1.52. The Kier molecular flexibility index (Phi) is 6.37. The van der Waals surface area contributed by atoms with Crippen LogP contribution in [0.4, 0.5) is 0 Å². The Hall–Kier alpha value is -2.66. The number of sulfonamides is 1. The summed E-state index contributed by atoms with van der Waals surface area (Å²) < 4.78 is 43.8. The predicted molar refractivity (Wildman–Crippen MR) is 122 cm³/mol. The third-order valence-electron chi connectivity index (χ3n) is 6.07. The molecule has 1 saturated carbocycles. The first-order valence-electron chi connectivity index (χ1n) is 10.8. The number of nitrogens with two attached hydrogens (primary N) is 1. The minimum atomic E-state index is -3.89. The van der Waals surface area contributed by atoms with Crippen molar-refractivity contribution in [3.8, 4) is 17.2 Å². The number of rotatable bonds is 10. The average molecular weight is 476 g/mol. The lowest BCUT2D eigenvalue weighted by Crippen LogP contribution is -2.49. The van der Waals surface area contributed by atoms with Gasteiger partial charge in [-0.2, -0.15) is 4.31 Å². The first-order chi connectivity index (χ1) is 15.6. The Morgan fingerprint density at radius 3 is 2.58 bits per heavy atom. The van der Waals surface area contributed by atoms with Gasteiger partial charge in [-0.3, -0.25) is 5.41 Å². The standard InChI is InChI=1S/C23H29N3O6S/c1-15(2)11-26(33(28,29)18-7-8-20-21(9-18)32-14-31-20)12-22(27)23(25)10-19(23)16-3-5-17(6-4-16)30-13-24/h3-9,13,15,19,22,24,27H,10-12,14,25H2,1-2H3/t19?,22-,23?/m1/s1. The van der Waals surface area contributed by atoms with Gasteiger partial charge >= 0.3 is 0 Å². The predicted octanol–water partition coefficient (Wildman–Crippen LogP) is 2.29. The molecule has 0 radical (unpaired) electrons. The van der Waals surface area contributed by atoms with Crippen LogP contribution in [-0.2, 0) is 10.0 Å². The molecule has 0 aromatic heterocycles. The van der Waals surface area contributed by atoms with Gasteiger partial charge in [-0.15, -0.1) is 0 Å². The molecule has 4 N–H and O–H groups in total. The highest BCUT2D eigenvalue weighted by atomic mass is 32.2. The molecule has 0 amide bonds. The van der Waals surface area contributed by atoms with E-state index in [1.54, 1.807) is 18.2 Å². The van der Waals surface area contributed by atoms with Gasteiger partial charge in [0.25, 0.3) is 0 Å². The highest BCUT2D eigenvalue weighted by Gasteiger charge is 2.57. The smallest absolute Gasteiger partial charge is 0.243 e. The zero-order valence-electron chi connectivity index (χ0n) is 18.6. The maximum absolute atomic E-state index is 13.4. The number of hydrogen-bond acceptors (Lipinski definition) is 8. The minimum Gasteiger partial charge on any atom is -0.454 e. The van der Waals surface area contributed by atoms with Crippen molar-refractivity contribution in [3.05, 3.63) is 48.0 Å². The molecule has 2 aromatic rings. The molecule has 10 heteroatoms. The van der Waals surface area contributed by atoms with Crippen LogP contribution in [0.2, 0.25) is 0 Å². The summed E-state index contributed by atoms with van der Waals surface area (Å²) in [5.41, 5.74) is 6.53. The lowest BCUT2D eigenvalue weighted by molar-refractivity contribution is 0.105. The molecule has 0 saturated heterocycles. The number of benzene rings is 2. The number of aliphatic hydroxyl groups is 1. The second-order valence-corrected chi connectivity index (χ2v) is 10.9. The van der Waals surface area contributed by atoms with E-state index in [9.17, 15) is 13.5 Å². The molecule has 33 heavy (non-hydrogen) atoms. The van der Waals surface area contributed by atoms with Crippen molar-refractivity contribution in [1.29, 1.82) is 5.41 Å². The average Bonchev–Trinajstić information content (AvgIpc) is 3.25. The van der Waals surface area contributed by atoms with E-state index in [0.717, 1.165) is 12.0 Å². The van der Waals surface area contributed by atoms with Gasteiger partial charge in [0.15, 0.2) is 17.9 Å². The highest BCUT2D eigenvalue weighted by Crippen LogP contribution is 2.52. The van der Waals surface area contributed by atoms with E-state index < -0.39 is 21.7 Å². The molecule has 4 rings (SSSR count). The van der Waals surface area contributed by atoms with Crippen LogP contribution in [0.1, 0.15) is 31.7 Å². The van der Waals surface area contributed by atoms with E-state index in [0.29, 0.717) is 23.7 Å². The lowest BCUT2D eigenvalue weighted by atomic mass is 10.0. The van der Waals surface area contributed by atoms with E-state index >= 15 is 0 Å². The molecular formula is C23H29N3O6S. The first-order valence-corrected chi connectivity index (χ1v) is 12.2. The number of fused-ring (bicyclic) bond motifs is 1. The fourth-order valence-electron chi connectivity index (χ4n) is 4.17. The maximum Gasteiger partial charge on any atom is 0.243 e. The summed E-state index contributed by atoms with van der Waals surface area (Å²) in [7, 11) is -3.89. The monoisotopic (exact) mass is 475 g/mol. The summed E-state index contributed by atoms with van der Waals surface area (Å²) in [5.74, 6) is 1.37. The summed E-state index contributed by atoms with van der Waals surface area (Å²) in [4.78, 5) is 0.0832. The van der Waals surface area contributed by atoms with Crippen LogP contribution in [0, 0.1) is 11.3 Å². The Morgan fingerprint density at radius 2 is 1.91 bits per heavy atom. The van der Waals surface area contributed by atoms with Crippen LogP contribution < -0.4 is 19.9 Å². The molecule has 2 aromatic carbocycles. The molecule has 0 bridgehead atoms. The highest BCUT2D eigenvalue weighted by molar-refractivity contribution is 7.89. The number of nitrogens with zero attached hydrogens (tertiary/aromatic N) is 1. The van der Waals surface area contributed by atoms with Crippen molar-refractivity contribution in [3.63, 3.8) is 0 Å². The van der Waals surface area contributed by atoms with Crippen LogP contribution in [0.25, 0.3) is 0 Å². The molecule has 1 heterocycles. The summed E-state index contributed by atoms with van der Waals surface area (Å²) in [5, 5.41) is 18.0. The third-order valence-corrected chi connectivity index (χ3v) is 7.90. The van der Waals surface area contributed by atoms with Crippen LogP contribution >= 0.6 is 0 Å². The van der Waals surface area contributed by atoms with Gasteiger partial charge in [0, 0.05) is 25.1 Å². The molecular weight excluding hydrogens is 446 g/mol. The normalized spacial score (nSPS) is 22.4. The second-order valence-electron chi connectivity index (χ2n) is 8.92. The van der Waals surface area contributed by atoms with Crippen molar-refractivity contribution >= 4 is 16.4 Å². The van der Waals surface area contributed by atoms with E-state index in [1.807, 2.05) is 26.0 Å². The van der Waals surface area contributed by atoms with Crippen molar-refractivity contribution in [2.75, 3.05) is 19.9 Å². The Labute approximate surface area is 193 Å². The third kappa shape index (κ3) is 4.70. The number of aliphatic hydroxyl groups excluding tert-OH is 1. The number of ether oxygens (including phenoxy) is 3. The molecule has 178 valence electrons. The molecule has 1 aliphatic heterocycles. The van der Waals surface area contributed by atoms with Crippen LogP contribution in [0.15, 0.2) is 47.4 Å². The molecule has 0 spiro atoms. The van der Waals surface area contributed by atoms with Crippen molar-refractivity contribution in [2.45, 2.75) is 42.7 Å². The minimum absolute atomic E-state index is 0.0473. The maximum atomic E-state index is 13.4. The fraction of sp³-hybridized carbons (Fsp3) is 0.435. The van der Waals surface area contributed by atoms with Gasteiger partial charge in [0.05, 0.1) is 16.5 Å². The van der Waals surface area contributed by atoms with E-state index in [-0.39, 0.29) is 36.6 Å². The van der Waals surface area contributed by atoms with Crippen molar-refractivity contribution in [1.82, 2.24) is 4.31 Å².